The van der Waals surface area contributed by atoms with Crippen LogP contribution in [0, 0.1) is 5.92 Å². The topological polar surface area (TPSA) is 78.9 Å². The molecule has 1 amide bonds. The number of nitrogens with one attached hydrogen (secondary N) is 1. The Morgan fingerprint density at radius 1 is 1.14 bits per heavy atom. The van der Waals surface area contributed by atoms with Crippen LogP contribution in [-0.2, 0) is 4.79 Å². The standard InChI is InChI=1S/C22H26N2O4/c1-15(24-12-10-17(11-13-24)22(26)27)18-4-3-5-19(14-18)23-21(25)16-6-8-20(28-2)9-7-16/h3-9,14-15,17H,10-13H2,1-2H3,(H,23,25)(H,26,27). The lowest BCUT2D eigenvalue weighted by molar-refractivity contribution is -0.143. The van der Waals surface area contributed by atoms with Crippen molar-refractivity contribution in [3.63, 3.8) is 0 Å². The number of carboxylic acids is 1. The van der Waals surface area contributed by atoms with Crippen molar-refractivity contribution in [1.29, 1.82) is 0 Å². The van der Waals surface area contributed by atoms with E-state index in [1.165, 1.54) is 0 Å². The minimum absolute atomic E-state index is 0.160. The van der Waals surface area contributed by atoms with Crippen LogP contribution in [0.1, 0.15) is 41.7 Å². The summed E-state index contributed by atoms with van der Waals surface area (Å²) in [7, 11) is 1.59. The molecule has 0 spiro atoms. The quantitative estimate of drug-likeness (QED) is 0.794. The molecule has 0 bridgehead atoms. The van der Waals surface area contributed by atoms with Gasteiger partial charge >= 0.3 is 5.97 Å². The molecule has 28 heavy (non-hydrogen) atoms. The predicted octanol–water partition coefficient (Wildman–Crippen LogP) is 3.81. The zero-order valence-electron chi connectivity index (χ0n) is 16.2. The molecule has 0 radical (unpaired) electrons. The van der Waals surface area contributed by atoms with Crippen molar-refractivity contribution < 1.29 is 19.4 Å². The van der Waals surface area contributed by atoms with Crippen LogP contribution in [0.3, 0.4) is 0 Å². The minimum atomic E-state index is -0.699. The number of hydrogen-bond donors (Lipinski definition) is 2. The van der Waals surface area contributed by atoms with Gasteiger partial charge in [-0.1, -0.05) is 12.1 Å². The number of piperidine rings is 1. The van der Waals surface area contributed by atoms with Gasteiger partial charge in [-0.05, 0) is 74.8 Å². The highest BCUT2D eigenvalue weighted by atomic mass is 16.5. The van der Waals surface area contributed by atoms with E-state index in [1.54, 1.807) is 31.4 Å². The predicted molar refractivity (Wildman–Crippen MR) is 108 cm³/mol. The summed E-state index contributed by atoms with van der Waals surface area (Å²) in [4.78, 5) is 25.9. The first-order valence-electron chi connectivity index (χ1n) is 9.50. The first-order valence-corrected chi connectivity index (χ1v) is 9.50. The monoisotopic (exact) mass is 382 g/mol. The molecule has 1 saturated heterocycles. The van der Waals surface area contributed by atoms with Crippen molar-refractivity contribution in [2.45, 2.75) is 25.8 Å². The lowest BCUT2D eigenvalue weighted by atomic mass is 9.94. The van der Waals surface area contributed by atoms with E-state index in [0.717, 1.165) is 24.3 Å². The molecule has 1 aliphatic heterocycles. The molecule has 6 heteroatoms. The number of rotatable bonds is 6. The fourth-order valence-electron chi connectivity index (χ4n) is 3.57. The van der Waals surface area contributed by atoms with Crippen LogP contribution >= 0.6 is 0 Å². The number of carbonyl (C=O) groups is 2. The number of nitrogens with zero attached hydrogens (tertiary/aromatic N) is 1. The minimum Gasteiger partial charge on any atom is -0.497 e. The third-order valence-electron chi connectivity index (χ3n) is 5.41. The molecular formula is C22H26N2O4. The SMILES string of the molecule is COc1ccc(C(=O)Nc2cccc(C(C)N3CCC(C(=O)O)CC3)c2)cc1. The van der Waals surface area contributed by atoms with E-state index < -0.39 is 5.97 Å². The van der Waals surface area contributed by atoms with Crippen LogP contribution < -0.4 is 10.1 Å². The maximum Gasteiger partial charge on any atom is 0.306 e. The van der Waals surface area contributed by atoms with Crippen molar-refractivity contribution in [2.75, 3.05) is 25.5 Å². The molecule has 1 fully saturated rings. The molecule has 0 aromatic heterocycles. The van der Waals surface area contributed by atoms with Gasteiger partial charge in [-0.2, -0.15) is 0 Å². The summed E-state index contributed by atoms with van der Waals surface area (Å²) in [6, 6.07) is 15.0. The largest absolute Gasteiger partial charge is 0.497 e. The average molecular weight is 382 g/mol. The van der Waals surface area contributed by atoms with Gasteiger partial charge in [0.25, 0.3) is 5.91 Å². The molecule has 0 saturated carbocycles. The molecule has 1 aliphatic rings. The summed E-state index contributed by atoms with van der Waals surface area (Å²) in [6.45, 7) is 3.65. The number of ether oxygens (including phenoxy) is 1. The second-order valence-corrected chi connectivity index (χ2v) is 7.13. The van der Waals surface area contributed by atoms with Gasteiger partial charge in [-0.15, -0.1) is 0 Å². The molecule has 2 aromatic rings. The van der Waals surface area contributed by atoms with E-state index in [-0.39, 0.29) is 17.9 Å². The molecular weight excluding hydrogens is 356 g/mol. The van der Waals surface area contributed by atoms with E-state index in [1.807, 2.05) is 24.3 Å². The fraction of sp³-hybridized carbons (Fsp3) is 0.364. The molecule has 1 heterocycles. The van der Waals surface area contributed by atoms with Gasteiger partial charge in [-0.3, -0.25) is 14.5 Å². The summed E-state index contributed by atoms with van der Waals surface area (Å²) >= 11 is 0. The Morgan fingerprint density at radius 2 is 1.82 bits per heavy atom. The van der Waals surface area contributed by atoms with Gasteiger partial charge in [0.15, 0.2) is 0 Å². The Hall–Kier alpha value is -2.86. The zero-order chi connectivity index (χ0) is 20.1. The van der Waals surface area contributed by atoms with Gasteiger partial charge in [0.2, 0.25) is 0 Å². The van der Waals surface area contributed by atoms with Crippen LogP contribution in [0.5, 0.6) is 5.75 Å². The Kier molecular flexibility index (Phi) is 6.31. The first-order chi connectivity index (χ1) is 13.5. The maximum absolute atomic E-state index is 12.5. The molecule has 148 valence electrons. The Labute approximate surface area is 165 Å². The van der Waals surface area contributed by atoms with Gasteiger partial charge in [0.1, 0.15) is 5.75 Å². The Bertz CT molecular complexity index is 827. The highest BCUT2D eigenvalue weighted by Gasteiger charge is 2.27. The van der Waals surface area contributed by atoms with E-state index in [4.69, 9.17) is 9.84 Å². The molecule has 3 rings (SSSR count). The molecule has 6 nitrogen and oxygen atoms in total. The Balaban J connectivity index is 1.64. The van der Waals surface area contributed by atoms with E-state index >= 15 is 0 Å². The first kappa shape index (κ1) is 19.9. The number of likely N-dealkylation sites (tertiary alicyclic amines) is 1. The number of anilines is 1. The van der Waals surface area contributed by atoms with Crippen LogP contribution in [-0.4, -0.2) is 42.1 Å². The molecule has 2 N–H and O–H groups in total. The summed E-state index contributed by atoms with van der Waals surface area (Å²) in [5.41, 5.74) is 2.40. The number of benzene rings is 2. The smallest absolute Gasteiger partial charge is 0.306 e. The molecule has 2 aromatic carbocycles. The summed E-state index contributed by atoms with van der Waals surface area (Å²) in [6.07, 6.45) is 1.35. The lowest BCUT2D eigenvalue weighted by Gasteiger charge is -2.35. The summed E-state index contributed by atoms with van der Waals surface area (Å²) in [5, 5.41) is 12.1. The highest BCUT2D eigenvalue weighted by Crippen LogP contribution is 2.28. The van der Waals surface area contributed by atoms with Crippen LogP contribution in [0.4, 0.5) is 5.69 Å². The van der Waals surface area contributed by atoms with Gasteiger partial charge in [0.05, 0.1) is 13.0 Å². The summed E-state index contributed by atoms with van der Waals surface area (Å²) < 4.78 is 5.12. The number of carboxylic acid groups (broad SMARTS) is 1. The third kappa shape index (κ3) is 4.70. The zero-order valence-corrected chi connectivity index (χ0v) is 16.2. The Morgan fingerprint density at radius 3 is 2.43 bits per heavy atom. The normalized spacial score (nSPS) is 16.4. The van der Waals surface area contributed by atoms with Crippen molar-refractivity contribution >= 4 is 17.6 Å². The average Bonchev–Trinajstić information content (AvgIpc) is 2.73. The van der Waals surface area contributed by atoms with Crippen molar-refractivity contribution in [2.24, 2.45) is 5.92 Å². The van der Waals surface area contributed by atoms with E-state index in [9.17, 15) is 9.59 Å². The van der Waals surface area contributed by atoms with E-state index in [2.05, 4.69) is 17.1 Å². The van der Waals surface area contributed by atoms with Gasteiger partial charge in [0, 0.05) is 17.3 Å². The molecule has 1 atom stereocenters. The number of amides is 1. The van der Waals surface area contributed by atoms with Crippen molar-refractivity contribution in [3.8, 4) is 5.75 Å². The van der Waals surface area contributed by atoms with Crippen molar-refractivity contribution in [3.05, 3.63) is 59.7 Å². The van der Waals surface area contributed by atoms with E-state index in [0.29, 0.717) is 24.2 Å². The van der Waals surface area contributed by atoms with Crippen LogP contribution in [0.2, 0.25) is 0 Å². The highest BCUT2D eigenvalue weighted by molar-refractivity contribution is 6.04. The summed E-state index contributed by atoms with van der Waals surface area (Å²) in [5.74, 6) is -0.400. The number of carbonyl (C=O) groups excluding carboxylic acids is 1. The maximum atomic E-state index is 12.5. The number of aliphatic carboxylic acids is 1. The van der Waals surface area contributed by atoms with Crippen molar-refractivity contribution in [1.82, 2.24) is 4.90 Å². The number of hydrogen-bond acceptors (Lipinski definition) is 4. The molecule has 1 unspecified atom stereocenters. The van der Waals surface area contributed by atoms with Gasteiger partial charge < -0.3 is 15.2 Å². The second kappa shape index (κ2) is 8.89. The second-order valence-electron chi connectivity index (χ2n) is 7.13. The fourth-order valence-corrected chi connectivity index (χ4v) is 3.57. The van der Waals surface area contributed by atoms with Crippen LogP contribution in [0.25, 0.3) is 0 Å². The third-order valence-corrected chi connectivity index (χ3v) is 5.41. The lowest BCUT2D eigenvalue weighted by Crippen LogP contribution is -2.37. The molecule has 0 aliphatic carbocycles. The number of methoxy groups -OCH3 is 1. The van der Waals surface area contributed by atoms with Gasteiger partial charge in [-0.25, -0.2) is 0 Å². The van der Waals surface area contributed by atoms with Crippen LogP contribution in [0.15, 0.2) is 48.5 Å².